The first-order valence-electron chi connectivity index (χ1n) is 19.7. The Bertz CT molecular complexity index is 3830. The van der Waals surface area contributed by atoms with Crippen molar-refractivity contribution in [2.75, 3.05) is 0 Å². The van der Waals surface area contributed by atoms with Crippen molar-refractivity contribution in [2.45, 2.75) is 0 Å². The first-order valence-corrected chi connectivity index (χ1v) is 19.7. The van der Waals surface area contributed by atoms with Crippen LogP contribution in [-0.2, 0) is 0 Å². The van der Waals surface area contributed by atoms with Gasteiger partial charge < -0.3 is 4.42 Å². The fourth-order valence-electron chi connectivity index (χ4n) is 9.59. The average Bonchev–Trinajstić information content (AvgIpc) is 3.83. The van der Waals surface area contributed by atoms with Crippen LogP contribution >= 0.6 is 0 Å². The van der Waals surface area contributed by atoms with Gasteiger partial charge in [0.05, 0.1) is 11.0 Å². The van der Waals surface area contributed by atoms with E-state index in [9.17, 15) is 0 Å². The van der Waals surface area contributed by atoms with Crippen LogP contribution < -0.4 is 0 Å². The van der Waals surface area contributed by atoms with Crippen molar-refractivity contribution in [2.24, 2.45) is 0 Å². The Morgan fingerprint density at radius 2 is 0.983 bits per heavy atom. The molecule has 0 aliphatic heterocycles. The summed E-state index contributed by atoms with van der Waals surface area (Å²) in [5, 5.41) is 15.6. The van der Waals surface area contributed by atoms with Crippen LogP contribution in [0.25, 0.3) is 126 Å². The fraction of sp³-hybridized carbons (Fsp3) is 0. The molecule has 0 fully saturated rings. The SMILES string of the molecule is c1cc(-c2cccc3ccccc23)cc(-c2nc(-n3c4cc5ccccc5cc4c4c5c6ccccc6c6ccccc6c5ccc43)nc3c2oc2ccccc23)c1. The molecule has 58 heavy (non-hydrogen) atoms. The number of para-hydroxylation sites is 1. The van der Waals surface area contributed by atoms with Crippen LogP contribution in [0.15, 0.2) is 192 Å². The van der Waals surface area contributed by atoms with Gasteiger partial charge in [0.15, 0.2) is 5.58 Å². The minimum atomic E-state index is 0.601. The summed E-state index contributed by atoms with van der Waals surface area (Å²) in [6.45, 7) is 0. The maximum Gasteiger partial charge on any atom is 0.236 e. The molecule has 0 bridgehead atoms. The summed E-state index contributed by atoms with van der Waals surface area (Å²) in [6, 6.07) is 67.4. The molecule has 4 nitrogen and oxygen atoms in total. The summed E-state index contributed by atoms with van der Waals surface area (Å²) in [7, 11) is 0. The van der Waals surface area contributed by atoms with E-state index in [-0.39, 0.29) is 0 Å². The van der Waals surface area contributed by atoms with Crippen molar-refractivity contribution in [1.29, 1.82) is 0 Å². The van der Waals surface area contributed by atoms with Crippen molar-refractivity contribution < 1.29 is 4.42 Å². The molecule has 0 aliphatic rings. The van der Waals surface area contributed by atoms with E-state index in [1.54, 1.807) is 0 Å². The zero-order valence-electron chi connectivity index (χ0n) is 31.1. The van der Waals surface area contributed by atoms with Crippen LogP contribution in [-0.4, -0.2) is 14.5 Å². The predicted molar refractivity (Wildman–Crippen MR) is 242 cm³/mol. The summed E-state index contributed by atoms with van der Waals surface area (Å²) < 4.78 is 8.95. The molecule has 0 spiro atoms. The second-order valence-corrected chi connectivity index (χ2v) is 15.3. The van der Waals surface area contributed by atoms with Crippen LogP contribution in [0.4, 0.5) is 0 Å². The number of nitrogens with zero attached hydrogens (tertiary/aromatic N) is 3. The van der Waals surface area contributed by atoms with E-state index in [0.717, 1.165) is 49.7 Å². The van der Waals surface area contributed by atoms with Gasteiger partial charge in [0, 0.05) is 27.1 Å². The maximum atomic E-state index is 6.67. The molecular weight excluding hydrogens is 707 g/mol. The normalized spacial score (nSPS) is 12.1. The highest BCUT2D eigenvalue weighted by Crippen LogP contribution is 2.45. The molecular formula is C54H31N3O. The lowest BCUT2D eigenvalue weighted by molar-refractivity contribution is 0.666. The zero-order chi connectivity index (χ0) is 37.9. The molecule has 0 radical (unpaired) electrons. The molecule has 0 saturated carbocycles. The lowest BCUT2D eigenvalue weighted by atomic mass is 9.91. The second-order valence-electron chi connectivity index (χ2n) is 15.3. The topological polar surface area (TPSA) is 43.9 Å². The van der Waals surface area contributed by atoms with Crippen molar-refractivity contribution >= 4 is 97.7 Å². The Morgan fingerprint density at radius 3 is 1.79 bits per heavy atom. The third-order valence-electron chi connectivity index (χ3n) is 12.1. The van der Waals surface area contributed by atoms with E-state index >= 15 is 0 Å². The van der Waals surface area contributed by atoms with E-state index in [0.29, 0.717) is 11.5 Å². The minimum absolute atomic E-state index is 0.601. The minimum Gasteiger partial charge on any atom is -0.452 e. The summed E-state index contributed by atoms with van der Waals surface area (Å²) in [5.41, 5.74) is 8.38. The van der Waals surface area contributed by atoms with Gasteiger partial charge in [0.2, 0.25) is 5.95 Å². The van der Waals surface area contributed by atoms with Crippen molar-refractivity contribution in [3.63, 3.8) is 0 Å². The first-order chi connectivity index (χ1) is 28.8. The third kappa shape index (κ3) is 4.40. The molecule has 13 aromatic rings. The Labute approximate surface area is 331 Å². The molecule has 0 unspecified atom stereocenters. The summed E-state index contributed by atoms with van der Waals surface area (Å²) in [6.07, 6.45) is 0. The monoisotopic (exact) mass is 737 g/mol. The van der Waals surface area contributed by atoms with Gasteiger partial charge in [-0.3, -0.25) is 4.57 Å². The molecule has 0 atom stereocenters. The smallest absolute Gasteiger partial charge is 0.236 e. The number of furan rings is 1. The van der Waals surface area contributed by atoms with Gasteiger partial charge in [0.1, 0.15) is 16.8 Å². The van der Waals surface area contributed by atoms with Crippen molar-refractivity contribution in [3.8, 4) is 28.3 Å². The van der Waals surface area contributed by atoms with Crippen LogP contribution in [0.5, 0.6) is 0 Å². The van der Waals surface area contributed by atoms with E-state index < -0.39 is 0 Å². The van der Waals surface area contributed by atoms with E-state index in [2.05, 4.69) is 174 Å². The molecule has 0 saturated heterocycles. The van der Waals surface area contributed by atoms with Crippen LogP contribution in [0.1, 0.15) is 0 Å². The highest BCUT2D eigenvalue weighted by Gasteiger charge is 2.24. The molecule has 268 valence electrons. The number of hydrogen-bond acceptors (Lipinski definition) is 3. The predicted octanol–water partition coefficient (Wildman–Crippen LogP) is 14.6. The van der Waals surface area contributed by atoms with Crippen LogP contribution in [0.3, 0.4) is 0 Å². The third-order valence-corrected chi connectivity index (χ3v) is 12.1. The molecule has 0 aliphatic carbocycles. The second kappa shape index (κ2) is 11.8. The molecule has 4 heteroatoms. The van der Waals surface area contributed by atoms with Gasteiger partial charge in [0.25, 0.3) is 0 Å². The van der Waals surface area contributed by atoms with Crippen molar-refractivity contribution in [3.05, 3.63) is 188 Å². The van der Waals surface area contributed by atoms with E-state index in [4.69, 9.17) is 14.4 Å². The Balaban J connectivity index is 1.17. The van der Waals surface area contributed by atoms with Crippen molar-refractivity contribution in [1.82, 2.24) is 14.5 Å². The molecule has 3 heterocycles. The van der Waals surface area contributed by atoms with Gasteiger partial charge in [-0.2, -0.15) is 0 Å². The molecule has 0 N–H and O–H groups in total. The van der Waals surface area contributed by atoms with E-state index in [1.807, 2.05) is 18.2 Å². The summed E-state index contributed by atoms with van der Waals surface area (Å²) in [5.74, 6) is 0.601. The average molecular weight is 738 g/mol. The lowest BCUT2D eigenvalue weighted by Crippen LogP contribution is -2.03. The van der Waals surface area contributed by atoms with Crippen LogP contribution in [0, 0.1) is 0 Å². The number of hydrogen-bond donors (Lipinski definition) is 0. The van der Waals surface area contributed by atoms with Gasteiger partial charge >= 0.3 is 0 Å². The molecule has 0 amide bonds. The first kappa shape index (κ1) is 31.4. The Hall–Kier alpha value is -7.82. The molecule has 13 rings (SSSR count). The van der Waals surface area contributed by atoms with Gasteiger partial charge in [-0.25, -0.2) is 9.97 Å². The number of benzene rings is 10. The fourth-order valence-corrected chi connectivity index (χ4v) is 9.59. The maximum absolute atomic E-state index is 6.67. The van der Waals surface area contributed by atoms with Gasteiger partial charge in [-0.1, -0.05) is 152 Å². The quantitative estimate of drug-likeness (QED) is 0.170. The Morgan fingerprint density at radius 1 is 0.379 bits per heavy atom. The van der Waals surface area contributed by atoms with Gasteiger partial charge in [-0.15, -0.1) is 0 Å². The number of rotatable bonds is 3. The van der Waals surface area contributed by atoms with Crippen LogP contribution in [0.2, 0.25) is 0 Å². The number of aromatic nitrogens is 3. The zero-order valence-corrected chi connectivity index (χ0v) is 31.1. The molecule has 10 aromatic carbocycles. The Kier molecular flexibility index (Phi) is 6.41. The largest absolute Gasteiger partial charge is 0.452 e. The van der Waals surface area contributed by atoms with Gasteiger partial charge in [-0.05, 0) is 96.0 Å². The lowest BCUT2D eigenvalue weighted by Gasteiger charge is -2.13. The highest BCUT2D eigenvalue weighted by molar-refractivity contribution is 6.35. The van der Waals surface area contributed by atoms with E-state index in [1.165, 1.54) is 64.8 Å². The number of fused-ring (bicyclic) bond motifs is 15. The summed E-state index contributed by atoms with van der Waals surface area (Å²) >= 11 is 0. The highest BCUT2D eigenvalue weighted by atomic mass is 16.3. The molecule has 3 aromatic heterocycles. The summed E-state index contributed by atoms with van der Waals surface area (Å²) in [4.78, 5) is 11.0. The standard InChI is InChI=1S/C54H31N3O/c1-2-15-34-31-47-45(30-33(34)14-1)50-46(28-27-43-41-22-6-5-20-39(41)40-21-7-8-23-42(40)49(43)50)57(47)54-55-51(53-52(56-54)44-24-9-10-26-48(44)58-53)36-18-11-17-35(29-36)38-25-12-16-32-13-3-4-19-37(32)38/h1-31H.